The molecule has 1 atom stereocenters. The van der Waals surface area contributed by atoms with E-state index >= 15 is 0 Å². The van der Waals surface area contributed by atoms with Gasteiger partial charge in [-0.15, -0.1) is 0 Å². The maximum Gasteiger partial charge on any atom is 0.326 e. The van der Waals surface area contributed by atoms with E-state index < -0.39 is 12.0 Å². The number of rotatable bonds is 5. The molecular weight excluding hydrogens is 244 g/mol. The molecule has 100 valence electrons. The normalized spacial score (nSPS) is 12.3. The summed E-state index contributed by atoms with van der Waals surface area (Å²) < 4.78 is 0. The molecule has 0 radical (unpaired) electrons. The van der Waals surface area contributed by atoms with E-state index in [1.165, 1.54) is 0 Å². The zero-order valence-electron chi connectivity index (χ0n) is 10.6. The third-order valence-electron chi connectivity index (χ3n) is 3.00. The van der Waals surface area contributed by atoms with Crippen molar-refractivity contribution in [1.29, 1.82) is 0 Å². The maximum atomic E-state index is 12.0. The minimum atomic E-state index is -1.00. The van der Waals surface area contributed by atoms with Gasteiger partial charge >= 0.3 is 5.97 Å². The number of aromatic amines is 1. The van der Waals surface area contributed by atoms with Crippen LogP contribution in [-0.4, -0.2) is 28.0 Å². The van der Waals surface area contributed by atoms with E-state index in [9.17, 15) is 9.59 Å². The van der Waals surface area contributed by atoms with E-state index in [0.29, 0.717) is 18.4 Å². The summed E-state index contributed by atoms with van der Waals surface area (Å²) in [5, 5.41) is 12.6. The van der Waals surface area contributed by atoms with Crippen LogP contribution in [-0.2, 0) is 4.79 Å². The first kappa shape index (κ1) is 13.1. The third kappa shape index (κ3) is 2.93. The number of amides is 1. The van der Waals surface area contributed by atoms with Gasteiger partial charge in [-0.05, 0) is 30.0 Å². The molecule has 0 saturated carbocycles. The van der Waals surface area contributed by atoms with Crippen LogP contribution in [0.5, 0.6) is 0 Å². The number of carboxylic acids is 1. The fourth-order valence-corrected chi connectivity index (χ4v) is 1.98. The van der Waals surface area contributed by atoms with Crippen LogP contribution >= 0.6 is 0 Å². The molecule has 0 aliphatic carbocycles. The molecule has 3 N–H and O–H groups in total. The molecule has 0 saturated heterocycles. The minimum absolute atomic E-state index is 0.364. The van der Waals surface area contributed by atoms with Crippen molar-refractivity contribution in [2.75, 3.05) is 0 Å². The number of H-pyrrole nitrogens is 1. The number of carbonyl (C=O) groups excluding carboxylic acids is 1. The van der Waals surface area contributed by atoms with Gasteiger partial charge in [0.25, 0.3) is 5.91 Å². The molecule has 5 heteroatoms. The second kappa shape index (κ2) is 5.56. The zero-order chi connectivity index (χ0) is 13.8. The van der Waals surface area contributed by atoms with E-state index in [2.05, 4.69) is 10.3 Å². The highest BCUT2D eigenvalue weighted by molar-refractivity contribution is 5.99. The topological polar surface area (TPSA) is 82.2 Å². The predicted octanol–water partition coefficient (Wildman–Crippen LogP) is 2.15. The van der Waals surface area contributed by atoms with Crippen LogP contribution in [0.25, 0.3) is 10.9 Å². The lowest BCUT2D eigenvalue weighted by Gasteiger charge is -2.13. The highest BCUT2D eigenvalue weighted by atomic mass is 16.4. The van der Waals surface area contributed by atoms with Gasteiger partial charge in [0.1, 0.15) is 6.04 Å². The van der Waals surface area contributed by atoms with Gasteiger partial charge < -0.3 is 15.4 Å². The number of aliphatic carboxylic acids is 1. The molecular formula is C14H16N2O3. The number of fused-ring (bicyclic) bond motifs is 1. The van der Waals surface area contributed by atoms with E-state index in [1.54, 1.807) is 18.3 Å². The Kier molecular flexibility index (Phi) is 3.85. The third-order valence-corrected chi connectivity index (χ3v) is 3.00. The quantitative estimate of drug-likeness (QED) is 0.770. The summed E-state index contributed by atoms with van der Waals surface area (Å²) in [5.74, 6) is -1.37. The Labute approximate surface area is 110 Å². The molecule has 5 nitrogen and oxygen atoms in total. The van der Waals surface area contributed by atoms with E-state index in [0.717, 1.165) is 10.9 Å². The Hall–Kier alpha value is -2.30. The van der Waals surface area contributed by atoms with Gasteiger partial charge in [-0.3, -0.25) is 4.79 Å². The Balaban J connectivity index is 2.16. The highest BCUT2D eigenvalue weighted by Gasteiger charge is 2.19. The molecule has 0 aliphatic heterocycles. The van der Waals surface area contributed by atoms with E-state index in [-0.39, 0.29) is 5.91 Å². The maximum absolute atomic E-state index is 12.0. The van der Waals surface area contributed by atoms with Gasteiger partial charge in [0.15, 0.2) is 0 Å². The second-order valence-corrected chi connectivity index (χ2v) is 4.43. The Morgan fingerprint density at radius 1 is 1.37 bits per heavy atom. The molecule has 1 aromatic carbocycles. The predicted molar refractivity (Wildman–Crippen MR) is 72.1 cm³/mol. The number of hydrogen-bond acceptors (Lipinski definition) is 2. The molecule has 19 heavy (non-hydrogen) atoms. The summed E-state index contributed by atoms with van der Waals surface area (Å²) in [6.07, 6.45) is 2.92. The van der Waals surface area contributed by atoms with Gasteiger partial charge in [0, 0.05) is 17.3 Å². The van der Waals surface area contributed by atoms with Crippen LogP contribution in [0.15, 0.2) is 30.5 Å². The lowest BCUT2D eigenvalue weighted by molar-refractivity contribution is -0.139. The molecule has 0 aliphatic rings. The van der Waals surface area contributed by atoms with Crippen LogP contribution < -0.4 is 5.32 Å². The average molecular weight is 260 g/mol. The molecule has 2 rings (SSSR count). The number of benzene rings is 1. The molecule has 1 aromatic heterocycles. The number of hydrogen-bond donors (Lipinski definition) is 3. The van der Waals surface area contributed by atoms with Crippen molar-refractivity contribution in [3.63, 3.8) is 0 Å². The van der Waals surface area contributed by atoms with Crippen molar-refractivity contribution in [1.82, 2.24) is 10.3 Å². The van der Waals surface area contributed by atoms with Gasteiger partial charge in [-0.2, -0.15) is 0 Å². The zero-order valence-corrected chi connectivity index (χ0v) is 10.6. The first-order valence-electron chi connectivity index (χ1n) is 6.22. The van der Waals surface area contributed by atoms with Crippen molar-refractivity contribution < 1.29 is 14.7 Å². The molecule has 1 amide bonds. The number of carboxylic acid groups (broad SMARTS) is 1. The van der Waals surface area contributed by atoms with Crippen LogP contribution in [0, 0.1) is 0 Å². The number of carbonyl (C=O) groups is 2. The Bertz CT molecular complexity index is 604. The lowest BCUT2D eigenvalue weighted by atomic mass is 10.1. The Morgan fingerprint density at radius 3 is 2.84 bits per heavy atom. The average Bonchev–Trinajstić information content (AvgIpc) is 2.85. The lowest BCUT2D eigenvalue weighted by Crippen LogP contribution is -2.40. The molecule has 0 fully saturated rings. The van der Waals surface area contributed by atoms with Crippen molar-refractivity contribution >= 4 is 22.8 Å². The molecule has 2 aromatic rings. The minimum Gasteiger partial charge on any atom is -0.480 e. The molecule has 0 spiro atoms. The van der Waals surface area contributed by atoms with Crippen molar-refractivity contribution in [3.05, 3.63) is 36.0 Å². The van der Waals surface area contributed by atoms with Crippen molar-refractivity contribution in [2.45, 2.75) is 25.8 Å². The SMILES string of the molecule is CCC[C@H](NC(=O)c1ccc2cc[nH]c2c1)C(=O)O. The van der Waals surface area contributed by atoms with Gasteiger partial charge in [0.05, 0.1) is 0 Å². The summed E-state index contributed by atoms with van der Waals surface area (Å²) >= 11 is 0. The van der Waals surface area contributed by atoms with Crippen molar-refractivity contribution in [2.24, 2.45) is 0 Å². The van der Waals surface area contributed by atoms with Gasteiger partial charge in [-0.25, -0.2) is 4.79 Å². The first-order valence-corrected chi connectivity index (χ1v) is 6.22. The summed E-state index contributed by atoms with van der Waals surface area (Å²) in [6.45, 7) is 1.88. The summed E-state index contributed by atoms with van der Waals surface area (Å²) in [7, 11) is 0. The smallest absolute Gasteiger partial charge is 0.326 e. The number of aromatic nitrogens is 1. The fourth-order valence-electron chi connectivity index (χ4n) is 1.98. The van der Waals surface area contributed by atoms with E-state index in [4.69, 9.17) is 5.11 Å². The highest BCUT2D eigenvalue weighted by Crippen LogP contribution is 2.14. The fraction of sp³-hybridized carbons (Fsp3) is 0.286. The van der Waals surface area contributed by atoms with Gasteiger partial charge in [-0.1, -0.05) is 19.4 Å². The number of nitrogens with one attached hydrogen (secondary N) is 2. The Morgan fingerprint density at radius 2 is 2.16 bits per heavy atom. The first-order chi connectivity index (χ1) is 9.11. The largest absolute Gasteiger partial charge is 0.480 e. The van der Waals surface area contributed by atoms with Crippen LogP contribution in [0.2, 0.25) is 0 Å². The molecule has 0 unspecified atom stereocenters. The standard InChI is InChI=1S/C14H16N2O3/c1-2-3-11(14(18)19)16-13(17)10-5-4-9-6-7-15-12(9)8-10/h4-8,11,15H,2-3H2,1H3,(H,16,17)(H,18,19)/t11-/m0/s1. The van der Waals surface area contributed by atoms with Crippen molar-refractivity contribution in [3.8, 4) is 0 Å². The van der Waals surface area contributed by atoms with Crippen LogP contribution in [0.1, 0.15) is 30.1 Å². The molecule has 1 heterocycles. The summed E-state index contributed by atoms with van der Waals surface area (Å²) in [4.78, 5) is 26.0. The monoisotopic (exact) mass is 260 g/mol. The summed E-state index contributed by atoms with van der Waals surface area (Å²) in [6, 6.07) is 6.31. The van der Waals surface area contributed by atoms with Crippen LogP contribution in [0.3, 0.4) is 0 Å². The van der Waals surface area contributed by atoms with Gasteiger partial charge in [0.2, 0.25) is 0 Å². The summed E-state index contributed by atoms with van der Waals surface area (Å²) in [5.41, 5.74) is 1.31. The van der Waals surface area contributed by atoms with Crippen LogP contribution in [0.4, 0.5) is 0 Å². The molecule has 0 bridgehead atoms. The second-order valence-electron chi connectivity index (χ2n) is 4.43. The van der Waals surface area contributed by atoms with E-state index in [1.807, 2.05) is 19.1 Å².